The van der Waals surface area contributed by atoms with Crippen molar-refractivity contribution in [1.29, 1.82) is 0 Å². The number of anilines is 3. The maximum atomic E-state index is 10.2. The molecule has 0 bridgehead atoms. The van der Waals surface area contributed by atoms with Crippen molar-refractivity contribution in [1.82, 2.24) is 0 Å². The van der Waals surface area contributed by atoms with Crippen LogP contribution in [-0.2, 0) is 0 Å². The van der Waals surface area contributed by atoms with E-state index in [1.807, 2.05) is 48.5 Å². The average Bonchev–Trinajstić information content (AvgIpc) is 2.52. The summed E-state index contributed by atoms with van der Waals surface area (Å²) < 4.78 is 0. The summed E-state index contributed by atoms with van der Waals surface area (Å²) >= 11 is 0. The van der Waals surface area contributed by atoms with E-state index in [9.17, 15) is 5.11 Å². The van der Waals surface area contributed by atoms with Gasteiger partial charge in [-0.1, -0.05) is 48.0 Å². The third kappa shape index (κ3) is 2.75. The maximum absolute atomic E-state index is 10.2. The minimum absolute atomic E-state index is 0.266. The minimum atomic E-state index is 0.266. The van der Waals surface area contributed by atoms with Crippen molar-refractivity contribution >= 4 is 17.1 Å². The van der Waals surface area contributed by atoms with Crippen LogP contribution in [0.2, 0.25) is 0 Å². The molecule has 3 aromatic carbocycles. The highest BCUT2D eigenvalue weighted by atomic mass is 16.3. The van der Waals surface area contributed by atoms with Crippen LogP contribution in [-0.4, -0.2) is 5.11 Å². The van der Waals surface area contributed by atoms with Crippen molar-refractivity contribution in [3.05, 3.63) is 84.4 Å². The fourth-order valence-electron chi connectivity index (χ4n) is 2.35. The fraction of sp³-hybridized carbons (Fsp3) is 0.0526. The zero-order chi connectivity index (χ0) is 14.7. The van der Waals surface area contributed by atoms with Crippen molar-refractivity contribution in [2.75, 3.05) is 4.90 Å². The van der Waals surface area contributed by atoms with Gasteiger partial charge in [0.15, 0.2) is 0 Å². The molecule has 3 aromatic rings. The molecule has 2 nitrogen and oxygen atoms in total. The van der Waals surface area contributed by atoms with Crippen LogP contribution in [0.1, 0.15) is 5.56 Å². The quantitative estimate of drug-likeness (QED) is 0.712. The summed E-state index contributed by atoms with van der Waals surface area (Å²) in [6.07, 6.45) is 0. The van der Waals surface area contributed by atoms with E-state index in [0.29, 0.717) is 0 Å². The number of aromatic hydroxyl groups is 1. The Hall–Kier alpha value is -2.74. The molecule has 0 atom stereocenters. The first-order valence-corrected chi connectivity index (χ1v) is 6.95. The Balaban J connectivity index is 2.16. The van der Waals surface area contributed by atoms with Crippen LogP contribution in [0.3, 0.4) is 0 Å². The lowest BCUT2D eigenvalue weighted by molar-refractivity contribution is 0.476. The molecule has 0 spiro atoms. The van der Waals surface area contributed by atoms with Gasteiger partial charge in [0.1, 0.15) is 5.75 Å². The first-order chi connectivity index (χ1) is 10.3. The molecule has 0 aliphatic heterocycles. The summed E-state index contributed by atoms with van der Waals surface area (Å²) in [6.45, 7) is 2.07. The van der Waals surface area contributed by atoms with Crippen LogP contribution in [0.25, 0.3) is 0 Å². The third-order valence-corrected chi connectivity index (χ3v) is 3.43. The molecule has 2 heteroatoms. The van der Waals surface area contributed by atoms with Gasteiger partial charge in [-0.2, -0.15) is 0 Å². The number of hydrogen-bond acceptors (Lipinski definition) is 2. The molecule has 0 amide bonds. The number of rotatable bonds is 3. The number of benzene rings is 3. The van der Waals surface area contributed by atoms with Gasteiger partial charge in [0.25, 0.3) is 0 Å². The van der Waals surface area contributed by atoms with Crippen LogP contribution < -0.4 is 4.90 Å². The number of phenols is 1. The topological polar surface area (TPSA) is 23.5 Å². The summed E-state index contributed by atoms with van der Waals surface area (Å²) in [5, 5.41) is 10.2. The molecule has 0 aliphatic rings. The van der Waals surface area contributed by atoms with E-state index in [1.54, 1.807) is 6.07 Å². The Bertz CT molecular complexity index is 720. The molecule has 3 rings (SSSR count). The Morgan fingerprint density at radius 1 is 0.667 bits per heavy atom. The SMILES string of the molecule is Cc1ccc(N(c2ccccc2)c2ccccc2O)cc1. The van der Waals surface area contributed by atoms with Crippen LogP contribution in [0, 0.1) is 6.92 Å². The molecule has 0 radical (unpaired) electrons. The number of nitrogens with zero attached hydrogens (tertiary/aromatic N) is 1. The highest BCUT2D eigenvalue weighted by Crippen LogP contribution is 2.39. The van der Waals surface area contributed by atoms with Crippen molar-refractivity contribution in [2.24, 2.45) is 0 Å². The predicted octanol–water partition coefficient (Wildman–Crippen LogP) is 5.17. The maximum Gasteiger partial charge on any atom is 0.139 e. The van der Waals surface area contributed by atoms with Gasteiger partial charge in [0.05, 0.1) is 5.69 Å². The second-order valence-corrected chi connectivity index (χ2v) is 5.00. The second kappa shape index (κ2) is 5.71. The molecular formula is C19H17NO. The number of phenolic OH excluding ortho intramolecular Hbond substituents is 1. The zero-order valence-corrected chi connectivity index (χ0v) is 11.9. The van der Waals surface area contributed by atoms with Crippen molar-refractivity contribution in [3.63, 3.8) is 0 Å². The Morgan fingerprint density at radius 2 is 1.24 bits per heavy atom. The van der Waals surface area contributed by atoms with E-state index in [2.05, 4.69) is 36.1 Å². The number of hydrogen-bond donors (Lipinski definition) is 1. The van der Waals surface area contributed by atoms with E-state index in [-0.39, 0.29) is 5.75 Å². The van der Waals surface area contributed by atoms with Gasteiger partial charge in [-0.25, -0.2) is 0 Å². The largest absolute Gasteiger partial charge is 0.506 e. The summed E-state index contributed by atoms with van der Waals surface area (Å²) in [5.74, 6) is 0.266. The molecule has 0 heterocycles. The fourth-order valence-corrected chi connectivity index (χ4v) is 2.35. The van der Waals surface area contributed by atoms with Gasteiger partial charge < -0.3 is 10.0 Å². The third-order valence-electron chi connectivity index (χ3n) is 3.43. The lowest BCUT2D eigenvalue weighted by Crippen LogP contribution is -2.09. The second-order valence-electron chi connectivity index (χ2n) is 5.00. The molecular weight excluding hydrogens is 258 g/mol. The van der Waals surface area contributed by atoms with Crippen LogP contribution in [0.4, 0.5) is 17.1 Å². The first-order valence-electron chi connectivity index (χ1n) is 6.95. The van der Waals surface area contributed by atoms with Crippen molar-refractivity contribution < 1.29 is 5.11 Å². The summed E-state index contributed by atoms with van der Waals surface area (Å²) in [4.78, 5) is 2.05. The smallest absolute Gasteiger partial charge is 0.139 e. The van der Waals surface area contributed by atoms with E-state index >= 15 is 0 Å². The standard InChI is InChI=1S/C19H17NO/c1-15-11-13-17(14-12-15)20(16-7-3-2-4-8-16)18-9-5-6-10-19(18)21/h2-14,21H,1H3. The summed E-state index contributed by atoms with van der Waals surface area (Å²) in [6, 6.07) is 25.7. The normalized spacial score (nSPS) is 10.3. The molecule has 104 valence electrons. The van der Waals surface area contributed by atoms with Gasteiger partial charge in [-0.15, -0.1) is 0 Å². The summed E-state index contributed by atoms with van der Waals surface area (Å²) in [7, 11) is 0. The summed E-state index contributed by atoms with van der Waals surface area (Å²) in [5.41, 5.74) is 4.02. The molecule has 0 fully saturated rings. The van der Waals surface area contributed by atoms with E-state index in [4.69, 9.17) is 0 Å². The van der Waals surface area contributed by atoms with Gasteiger partial charge in [0, 0.05) is 11.4 Å². The van der Waals surface area contributed by atoms with Crippen LogP contribution >= 0.6 is 0 Å². The average molecular weight is 275 g/mol. The zero-order valence-electron chi connectivity index (χ0n) is 11.9. The molecule has 0 unspecified atom stereocenters. The monoisotopic (exact) mass is 275 g/mol. The van der Waals surface area contributed by atoms with Crippen LogP contribution in [0.5, 0.6) is 5.75 Å². The number of para-hydroxylation sites is 3. The number of aryl methyl sites for hydroxylation is 1. The molecule has 0 saturated heterocycles. The van der Waals surface area contributed by atoms with Gasteiger partial charge >= 0.3 is 0 Å². The molecule has 21 heavy (non-hydrogen) atoms. The Kier molecular flexibility index (Phi) is 3.61. The van der Waals surface area contributed by atoms with Gasteiger partial charge in [-0.3, -0.25) is 0 Å². The van der Waals surface area contributed by atoms with E-state index in [1.165, 1.54) is 5.56 Å². The Morgan fingerprint density at radius 3 is 1.90 bits per heavy atom. The molecule has 0 aromatic heterocycles. The molecule has 1 N–H and O–H groups in total. The Labute approximate surface area is 124 Å². The van der Waals surface area contributed by atoms with E-state index < -0.39 is 0 Å². The van der Waals surface area contributed by atoms with E-state index in [0.717, 1.165) is 17.1 Å². The van der Waals surface area contributed by atoms with Crippen LogP contribution in [0.15, 0.2) is 78.9 Å². The highest BCUT2D eigenvalue weighted by Gasteiger charge is 2.14. The van der Waals surface area contributed by atoms with Crippen molar-refractivity contribution in [2.45, 2.75) is 6.92 Å². The molecule has 0 aliphatic carbocycles. The van der Waals surface area contributed by atoms with Gasteiger partial charge in [-0.05, 0) is 43.3 Å². The lowest BCUT2D eigenvalue weighted by Gasteiger charge is -2.26. The van der Waals surface area contributed by atoms with Crippen molar-refractivity contribution in [3.8, 4) is 5.75 Å². The highest BCUT2D eigenvalue weighted by molar-refractivity contribution is 5.79. The minimum Gasteiger partial charge on any atom is -0.506 e. The first kappa shape index (κ1) is 13.3. The molecule has 0 saturated carbocycles. The van der Waals surface area contributed by atoms with Gasteiger partial charge in [0.2, 0.25) is 0 Å². The lowest BCUT2D eigenvalue weighted by atomic mass is 10.1. The predicted molar refractivity (Wildman–Crippen MR) is 87.5 cm³/mol.